The third-order valence-electron chi connectivity index (χ3n) is 2.99. The molecule has 0 bridgehead atoms. The fourth-order valence-electron chi connectivity index (χ4n) is 1.87. The molecule has 0 radical (unpaired) electrons. The molecule has 6 nitrogen and oxygen atoms in total. The summed E-state index contributed by atoms with van der Waals surface area (Å²) in [5, 5.41) is 22.4. The van der Waals surface area contributed by atoms with Gasteiger partial charge in [0.15, 0.2) is 11.4 Å². The molecule has 2 rings (SSSR count). The normalized spacial score (nSPS) is 10.4. The van der Waals surface area contributed by atoms with E-state index in [9.17, 15) is 4.91 Å². The molecule has 0 aliphatic carbocycles. The van der Waals surface area contributed by atoms with E-state index in [1.54, 1.807) is 24.3 Å². The van der Waals surface area contributed by atoms with E-state index < -0.39 is 0 Å². The molecule has 2 aromatic rings. The number of rotatable bonds is 6. The maximum atomic E-state index is 10.6. The van der Waals surface area contributed by atoms with Crippen LogP contribution in [0.5, 0.6) is 0 Å². The number of nitrogens with zero attached hydrogens (tertiary/aromatic N) is 3. The summed E-state index contributed by atoms with van der Waals surface area (Å²) < 4.78 is 0. The maximum Gasteiger partial charge on any atom is 0.186 e. The monoisotopic (exact) mass is 336 g/mol. The molecule has 0 saturated carbocycles. The van der Waals surface area contributed by atoms with E-state index in [2.05, 4.69) is 15.2 Å². The number of benzene rings is 2. The number of nitrogens with one attached hydrogen (secondary N) is 1. The van der Waals surface area contributed by atoms with E-state index in [4.69, 9.17) is 10.7 Å². The van der Waals surface area contributed by atoms with Crippen LogP contribution in [0.15, 0.2) is 68.7 Å². The van der Waals surface area contributed by atoms with E-state index >= 15 is 0 Å². The molecule has 2 aromatic carbocycles. The van der Waals surface area contributed by atoms with Crippen LogP contribution in [0.3, 0.4) is 0 Å². The maximum absolute atomic E-state index is 10.6. The zero-order valence-electron chi connectivity index (χ0n) is 12.7. The second-order valence-corrected chi connectivity index (χ2v) is 5.60. The van der Waals surface area contributed by atoms with Crippen molar-refractivity contribution in [2.45, 2.75) is 9.79 Å². The second-order valence-electron chi connectivity index (χ2n) is 4.45. The van der Waals surface area contributed by atoms with E-state index in [0.717, 1.165) is 9.79 Å². The topological polar surface area (TPSA) is 98.7 Å². The predicted octanol–water partition coefficient (Wildman–Crippen LogP) is 4.07. The van der Waals surface area contributed by atoms with Crippen molar-refractivity contribution >= 4 is 29.0 Å². The van der Waals surface area contributed by atoms with E-state index in [1.807, 2.05) is 36.2 Å². The lowest BCUT2D eigenvalue weighted by Gasteiger charge is -2.04. The molecule has 118 valence electrons. The molecule has 0 saturated heterocycles. The van der Waals surface area contributed by atoms with Gasteiger partial charge in [0.2, 0.25) is 0 Å². The molecule has 0 unspecified atom stereocenters. The second kappa shape index (κ2) is 8.44. The minimum absolute atomic E-state index is 0.0302. The van der Waals surface area contributed by atoms with Gasteiger partial charge in [0.05, 0.1) is 0 Å². The van der Waals surface area contributed by atoms with Crippen LogP contribution in [-0.2, 0) is 4.84 Å². The summed E-state index contributed by atoms with van der Waals surface area (Å²) in [4.78, 5) is 17.1. The molecule has 24 heavy (non-hydrogen) atoms. The van der Waals surface area contributed by atoms with Crippen LogP contribution in [0.2, 0.25) is 0 Å². The summed E-state index contributed by atoms with van der Waals surface area (Å²) in [6, 6.07) is 16.4. The van der Waals surface area contributed by atoms with Crippen molar-refractivity contribution in [3.8, 4) is 6.07 Å². The lowest BCUT2D eigenvalue weighted by Crippen LogP contribution is -1.97. The number of hydrogen-bond acceptors (Lipinski definition) is 7. The first-order valence-corrected chi connectivity index (χ1v) is 7.56. The Labute approximate surface area is 142 Å². The Morgan fingerprint density at radius 3 is 2.04 bits per heavy atom. The van der Waals surface area contributed by atoms with Crippen molar-refractivity contribution in [2.75, 3.05) is 7.11 Å². The lowest BCUT2D eigenvalue weighted by molar-refractivity contribution is 0.214. The molecule has 0 aliphatic heterocycles. The van der Waals surface area contributed by atoms with Gasteiger partial charge in [0, 0.05) is 26.8 Å². The molecule has 0 aliphatic rings. The van der Waals surface area contributed by atoms with Gasteiger partial charge in [0.25, 0.3) is 0 Å². The Hall–Kier alpha value is -3.20. The SMILES string of the molecule is CO/N=C(\C#N)c1ccc(Sc2ccc(C(=C=N)N=O)cc2)cc1. The fourth-order valence-corrected chi connectivity index (χ4v) is 2.69. The van der Waals surface area contributed by atoms with Crippen molar-refractivity contribution in [3.05, 3.63) is 64.6 Å². The van der Waals surface area contributed by atoms with Crippen molar-refractivity contribution in [3.63, 3.8) is 0 Å². The molecule has 0 atom stereocenters. The summed E-state index contributed by atoms with van der Waals surface area (Å²) in [6.45, 7) is 0. The first-order valence-electron chi connectivity index (χ1n) is 6.75. The molecule has 1 N–H and O–H groups in total. The number of oxime groups is 1. The summed E-state index contributed by atoms with van der Waals surface area (Å²) in [6.07, 6.45) is 0. The van der Waals surface area contributed by atoms with Crippen LogP contribution < -0.4 is 0 Å². The molecule has 7 heteroatoms. The van der Waals surface area contributed by atoms with Crippen molar-refractivity contribution in [1.82, 2.24) is 0 Å². The van der Waals surface area contributed by atoms with Crippen molar-refractivity contribution < 1.29 is 4.84 Å². The number of nitriles is 1. The highest BCUT2D eigenvalue weighted by atomic mass is 32.2. The van der Waals surface area contributed by atoms with Crippen molar-refractivity contribution in [2.24, 2.45) is 10.3 Å². The summed E-state index contributed by atoms with van der Waals surface area (Å²) in [7, 11) is 1.39. The van der Waals surface area contributed by atoms with Gasteiger partial charge >= 0.3 is 0 Å². The summed E-state index contributed by atoms with van der Waals surface area (Å²) >= 11 is 1.53. The smallest absolute Gasteiger partial charge is 0.186 e. The first-order chi connectivity index (χ1) is 11.7. The molecule has 0 fully saturated rings. The average molecular weight is 336 g/mol. The molecule has 0 aromatic heterocycles. The van der Waals surface area contributed by atoms with E-state index in [-0.39, 0.29) is 11.4 Å². The Morgan fingerprint density at radius 2 is 1.62 bits per heavy atom. The van der Waals surface area contributed by atoms with Crippen LogP contribution >= 0.6 is 11.8 Å². The van der Waals surface area contributed by atoms with Crippen LogP contribution in [0.25, 0.3) is 5.70 Å². The first kappa shape index (κ1) is 17.2. The quantitative estimate of drug-likeness (QED) is 0.488. The largest absolute Gasteiger partial charge is 0.398 e. The van der Waals surface area contributed by atoms with E-state index in [0.29, 0.717) is 11.1 Å². The van der Waals surface area contributed by atoms with Gasteiger partial charge in [-0.2, -0.15) is 5.26 Å². The average Bonchev–Trinajstić information content (AvgIpc) is 2.63. The summed E-state index contributed by atoms with van der Waals surface area (Å²) in [5.41, 5.74) is 1.41. The zero-order chi connectivity index (χ0) is 17.4. The molecule has 0 heterocycles. The number of hydrogen-bond donors (Lipinski definition) is 1. The Balaban J connectivity index is 2.14. The third-order valence-corrected chi connectivity index (χ3v) is 4.01. The fraction of sp³-hybridized carbons (Fsp3) is 0.0588. The molecular weight excluding hydrogens is 324 g/mol. The van der Waals surface area contributed by atoms with Crippen molar-refractivity contribution in [1.29, 1.82) is 10.7 Å². The van der Waals surface area contributed by atoms with Crippen LogP contribution in [-0.4, -0.2) is 18.7 Å². The van der Waals surface area contributed by atoms with Gasteiger partial charge < -0.3 is 4.84 Å². The Morgan fingerprint density at radius 1 is 1.08 bits per heavy atom. The highest BCUT2D eigenvalue weighted by molar-refractivity contribution is 7.99. The Kier molecular flexibility index (Phi) is 6.03. The van der Waals surface area contributed by atoms with Crippen LogP contribution in [0.1, 0.15) is 11.1 Å². The molecule has 0 spiro atoms. The van der Waals surface area contributed by atoms with Gasteiger partial charge in [0.1, 0.15) is 13.2 Å². The lowest BCUT2D eigenvalue weighted by atomic mass is 10.1. The standard InChI is InChI=1S/C17H12N4O2S/c1-23-21-17(11-19)13-4-8-15(9-5-13)24-14-6-2-12(3-7-14)16(10-18)20-22/h2-9,18H,1H3/b21-17+. The highest BCUT2D eigenvalue weighted by Gasteiger charge is 2.05. The minimum atomic E-state index is -0.0302. The number of nitroso groups, excluding NO2 is 1. The predicted molar refractivity (Wildman–Crippen MR) is 93.1 cm³/mol. The highest BCUT2D eigenvalue weighted by Crippen LogP contribution is 2.29. The van der Waals surface area contributed by atoms with Crippen LogP contribution in [0.4, 0.5) is 0 Å². The molecular formula is C17H12N4O2S. The Bertz CT molecular complexity index is 846. The summed E-state index contributed by atoms with van der Waals surface area (Å²) in [5.74, 6) is 2.00. The van der Waals surface area contributed by atoms with Gasteiger partial charge in [-0.3, -0.25) is 5.41 Å². The van der Waals surface area contributed by atoms with Crippen LogP contribution in [0, 0.1) is 21.6 Å². The van der Waals surface area contributed by atoms with Gasteiger partial charge in [-0.05, 0) is 29.4 Å². The van der Waals surface area contributed by atoms with Gasteiger partial charge in [-0.25, -0.2) is 0 Å². The minimum Gasteiger partial charge on any atom is -0.398 e. The van der Waals surface area contributed by atoms with Gasteiger partial charge in [-0.15, -0.1) is 4.91 Å². The third kappa shape index (κ3) is 4.17. The van der Waals surface area contributed by atoms with Gasteiger partial charge in [-0.1, -0.05) is 41.2 Å². The zero-order valence-corrected chi connectivity index (χ0v) is 13.5. The molecule has 0 amide bonds. The van der Waals surface area contributed by atoms with E-state index in [1.165, 1.54) is 18.9 Å².